The predicted molar refractivity (Wildman–Crippen MR) is 165 cm³/mol. The van der Waals surface area contributed by atoms with Crippen LogP contribution < -0.4 is 19.3 Å². The van der Waals surface area contributed by atoms with E-state index in [1.807, 2.05) is 26.0 Å². The first-order valence-electron chi connectivity index (χ1n) is 14.8. The number of esters is 1. The summed E-state index contributed by atoms with van der Waals surface area (Å²) in [4.78, 5) is 24.3. The third-order valence-electron chi connectivity index (χ3n) is 6.49. The number of hydrogen-bond acceptors (Lipinski definition) is 4. The molecule has 0 atom stereocenters. The lowest BCUT2D eigenvalue weighted by Crippen LogP contribution is -2.34. The van der Waals surface area contributed by atoms with E-state index < -0.39 is 29.0 Å². The molecule has 0 bridgehead atoms. The van der Waals surface area contributed by atoms with E-state index in [0.29, 0.717) is 37.5 Å². The lowest BCUT2D eigenvalue weighted by atomic mass is 10.1. The van der Waals surface area contributed by atoms with Crippen molar-refractivity contribution < 1.29 is 32.2 Å². The molecule has 3 aromatic carbocycles. The highest BCUT2D eigenvalue weighted by Gasteiger charge is 2.17. The summed E-state index contributed by atoms with van der Waals surface area (Å²) in [6.07, 6.45) is 6.48. The summed E-state index contributed by atoms with van der Waals surface area (Å²) in [7, 11) is 6.33. The lowest BCUT2D eigenvalue weighted by Gasteiger charge is -2.23. The van der Waals surface area contributed by atoms with Gasteiger partial charge < -0.3 is 14.8 Å². The zero-order valence-corrected chi connectivity index (χ0v) is 25.9. The van der Waals surface area contributed by atoms with E-state index in [9.17, 15) is 22.8 Å². The Labute approximate surface area is 253 Å². The van der Waals surface area contributed by atoms with E-state index in [4.69, 9.17) is 9.47 Å². The van der Waals surface area contributed by atoms with Crippen molar-refractivity contribution in [2.24, 2.45) is 0 Å². The van der Waals surface area contributed by atoms with Crippen LogP contribution in [0.25, 0.3) is 0 Å². The molecular formula is C34H44F3N2O4+. The minimum absolute atomic E-state index is 0.0463. The molecule has 0 unspecified atom stereocenters. The summed E-state index contributed by atoms with van der Waals surface area (Å²) in [5, 5.41) is 3.00. The van der Waals surface area contributed by atoms with Gasteiger partial charge in [0.25, 0.3) is 0 Å². The van der Waals surface area contributed by atoms with Gasteiger partial charge in [-0.15, -0.1) is 0 Å². The standard InChI is InChI=1S/C32H37F3N2O4.C2H6/c1-37(2,3)25-12-10-23(11-13-25)20-30(38)36-18-8-6-4-5-7-9-19-40-26-14-16-27(17-15-26)41-32(39)24-21-28(33)31(35)29(34)22-24;1-2/h10-17,21-22H,4-9,18-20H2,1-3H3;1-2H3/p+1. The number of quaternary nitrogens is 1. The fraction of sp³-hybridized carbons (Fsp3) is 0.412. The number of nitrogens with one attached hydrogen (secondary N) is 1. The van der Waals surface area contributed by atoms with E-state index in [1.165, 1.54) is 17.8 Å². The Morgan fingerprint density at radius 2 is 1.28 bits per heavy atom. The number of amides is 1. The highest BCUT2D eigenvalue weighted by molar-refractivity contribution is 5.91. The molecule has 9 heteroatoms. The Hall–Kier alpha value is -3.85. The summed E-state index contributed by atoms with van der Waals surface area (Å²) in [6.45, 7) is 5.22. The quantitative estimate of drug-likeness (QED) is 0.0640. The van der Waals surface area contributed by atoms with Crippen LogP contribution in [0, 0.1) is 17.5 Å². The lowest BCUT2D eigenvalue weighted by molar-refractivity contribution is -0.120. The molecule has 6 nitrogen and oxygen atoms in total. The van der Waals surface area contributed by atoms with E-state index in [2.05, 4.69) is 38.6 Å². The highest BCUT2D eigenvalue weighted by atomic mass is 19.2. The maximum atomic E-state index is 13.3. The zero-order chi connectivity index (χ0) is 31.8. The van der Waals surface area contributed by atoms with Crippen molar-refractivity contribution in [3.05, 3.63) is 89.2 Å². The maximum Gasteiger partial charge on any atom is 0.343 e. The Balaban J connectivity index is 0.00000316. The SMILES string of the molecule is CC.C[N+](C)(C)c1ccc(CC(=O)NCCCCCCCCOc2ccc(OC(=O)c3cc(F)c(F)c(F)c3)cc2)cc1. The van der Waals surface area contributed by atoms with Gasteiger partial charge in [0.2, 0.25) is 5.91 Å². The average molecular weight is 602 g/mol. The zero-order valence-electron chi connectivity index (χ0n) is 25.9. The van der Waals surface area contributed by atoms with Crippen LogP contribution in [0.15, 0.2) is 60.7 Å². The summed E-state index contributed by atoms with van der Waals surface area (Å²) in [5.74, 6) is -4.75. The molecule has 234 valence electrons. The van der Waals surface area contributed by atoms with Gasteiger partial charge in [-0.25, -0.2) is 18.0 Å². The van der Waals surface area contributed by atoms with Crippen molar-refractivity contribution in [1.29, 1.82) is 0 Å². The molecule has 3 rings (SSSR count). The monoisotopic (exact) mass is 601 g/mol. The maximum absolute atomic E-state index is 13.3. The van der Waals surface area contributed by atoms with E-state index >= 15 is 0 Å². The normalized spacial score (nSPS) is 10.9. The van der Waals surface area contributed by atoms with E-state index in [0.717, 1.165) is 48.6 Å². The number of hydrogen-bond donors (Lipinski definition) is 1. The van der Waals surface area contributed by atoms with Gasteiger partial charge in [-0.3, -0.25) is 9.28 Å². The first-order chi connectivity index (χ1) is 20.5. The van der Waals surface area contributed by atoms with Crippen molar-refractivity contribution in [3.8, 4) is 11.5 Å². The number of unbranched alkanes of at least 4 members (excludes halogenated alkanes) is 5. The molecule has 0 aliphatic heterocycles. The molecule has 0 aliphatic carbocycles. The molecule has 43 heavy (non-hydrogen) atoms. The Bertz CT molecular complexity index is 1270. The Morgan fingerprint density at radius 3 is 1.86 bits per heavy atom. The van der Waals surface area contributed by atoms with Gasteiger partial charge in [0.1, 0.15) is 17.2 Å². The van der Waals surface area contributed by atoms with Gasteiger partial charge in [-0.1, -0.05) is 51.7 Å². The number of ether oxygens (including phenoxy) is 2. The van der Waals surface area contributed by atoms with E-state index in [1.54, 1.807) is 12.1 Å². The van der Waals surface area contributed by atoms with Gasteiger partial charge in [0, 0.05) is 6.54 Å². The van der Waals surface area contributed by atoms with Crippen LogP contribution >= 0.6 is 0 Å². The molecular weight excluding hydrogens is 557 g/mol. The fourth-order valence-electron chi connectivity index (χ4n) is 4.10. The van der Waals surface area contributed by atoms with Crippen LogP contribution in [0.4, 0.5) is 18.9 Å². The molecule has 1 amide bonds. The van der Waals surface area contributed by atoms with Crippen molar-refractivity contribution in [3.63, 3.8) is 0 Å². The average Bonchev–Trinajstić information content (AvgIpc) is 2.98. The van der Waals surface area contributed by atoms with Crippen LogP contribution in [-0.2, 0) is 11.2 Å². The highest BCUT2D eigenvalue weighted by Crippen LogP contribution is 2.21. The molecule has 0 saturated heterocycles. The predicted octanol–water partition coefficient (Wildman–Crippen LogP) is 7.62. The smallest absolute Gasteiger partial charge is 0.343 e. The molecule has 0 aliphatic rings. The summed E-state index contributed by atoms with van der Waals surface area (Å²) < 4.78 is 51.2. The largest absolute Gasteiger partial charge is 0.494 e. The summed E-state index contributed by atoms with van der Waals surface area (Å²) in [5.41, 5.74) is 1.78. The molecule has 0 aromatic heterocycles. The van der Waals surface area contributed by atoms with Crippen LogP contribution in [0.1, 0.15) is 68.3 Å². The second-order valence-corrected chi connectivity index (χ2v) is 10.8. The Kier molecular flexibility index (Phi) is 14.8. The van der Waals surface area contributed by atoms with Crippen molar-refractivity contribution in [2.45, 2.75) is 58.8 Å². The first-order valence-corrected chi connectivity index (χ1v) is 14.8. The van der Waals surface area contributed by atoms with Gasteiger partial charge in [0.15, 0.2) is 17.5 Å². The topological polar surface area (TPSA) is 64.6 Å². The second kappa shape index (κ2) is 18.0. The van der Waals surface area contributed by atoms with Gasteiger partial charge in [-0.05, 0) is 66.9 Å². The molecule has 0 heterocycles. The molecule has 0 fully saturated rings. The minimum Gasteiger partial charge on any atom is -0.494 e. The minimum atomic E-state index is -1.64. The van der Waals surface area contributed by atoms with E-state index in [-0.39, 0.29) is 11.7 Å². The summed E-state index contributed by atoms with van der Waals surface area (Å²) in [6, 6.07) is 15.6. The van der Waals surface area contributed by atoms with Crippen molar-refractivity contribution in [1.82, 2.24) is 9.80 Å². The molecule has 0 radical (unpaired) electrons. The number of halogens is 3. The van der Waals surface area contributed by atoms with Gasteiger partial charge in [0.05, 0.1) is 39.7 Å². The molecule has 1 N–H and O–H groups in total. The Morgan fingerprint density at radius 1 is 0.744 bits per heavy atom. The molecule has 0 spiro atoms. The van der Waals surface area contributed by atoms with Crippen LogP contribution in [0.3, 0.4) is 0 Å². The second-order valence-electron chi connectivity index (χ2n) is 10.8. The van der Waals surface area contributed by atoms with Gasteiger partial charge >= 0.3 is 5.97 Å². The van der Waals surface area contributed by atoms with Crippen LogP contribution in [0.5, 0.6) is 11.5 Å². The number of benzene rings is 3. The third-order valence-corrected chi connectivity index (χ3v) is 6.49. The molecule has 3 aromatic rings. The summed E-state index contributed by atoms with van der Waals surface area (Å²) >= 11 is 0. The fourth-order valence-corrected chi connectivity index (χ4v) is 4.10. The van der Waals surface area contributed by atoms with Crippen LogP contribution in [-0.4, -0.2) is 46.2 Å². The van der Waals surface area contributed by atoms with Crippen molar-refractivity contribution in [2.75, 3.05) is 34.3 Å². The third kappa shape index (κ3) is 12.5. The van der Waals surface area contributed by atoms with Crippen molar-refractivity contribution >= 4 is 17.6 Å². The number of carbonyl (C=O) groups excluding carboxylic acids is 2. The first kappa shape index (κ1) is 35.3. The number of carbonyl (C=O) groups is 2. The number of rotatable bonds is 15. The molecule has 0 saturated carbocycles. The van der Waals surface area contributed by atoms with Crippen LogP contribution in [0.2, 0.25) is 0 Å². The number of nitrogens with zero attached hydrogens (tertiary/aromatic N) is 1. The van der Waals surface area contributed by atoms with Gasteiger partial charge in [-0.2, -0.15) is 0 Å².